The molecule has 0 fully saturated rings. The van der Waals surface area contributed by atoms with Gasteiger partial charge in [-0.15, -0.1) is 0 Å². The summed E-state index contributed by atoms with van der Waals surface area (Å²) < 4.78 is 33.6. The zero-order chi connectivity index (χ0) is 16.2. The minimum Gasteiger partial charge on any atom is -0.478 e. The summed E-state index contributed by atoms with van der Waals surface area (Å²) in [5.41, 5.74) is 0.0946. The fourth-order valence-corrected chi connectivity index (χ4v) is 3.77. The summed E-state index contributed by atoms with van der Waals surface area (Å²) in [5, 5.41) is 9.13. The average Bonchev–Trinajstić information content (AvgIpc) is 2.78. The number of anilines is 1. The summed E-state index contributed by atoms with van der Waals surface area (Å²) in [6.07, 6.45) is -0.291. The number of carboxylic acid groups (broad SMARTS) is 1. The van der Waals surface area contributed by atoms with Crippen LogP contribution in [0.4, 0.5) is 5.00 Å². The normalized spacial score (nSPS) is 11.2. The number of ether oxygens (including phenoxy) is 1. The number of aryl methyl sites for hydroxylation is 1. The van der Waals surface area contributed by atoms with Gasteiger partial charge in [0.1, 0.15) is 10.6 Å². The Labute approximate surface area is 126 Å². The molecule has 21 heavy (non-hydrogen) atoms. The van der Waals surface area contributed by atoms with Gasteiger partial charge in [-0.25, -0.2) is 13.2 Å². The van der Waals surface area contributed by atoms with Gasteiger partial charge in [-0.2, -0.15) is 4.37 Å². The first kappa shape index (κ1) is 17.4. The Bertz CT molecular complexity index is 637. The summed E-state index contributed by atoms with van der Waals surface area (Å²) in [6, 6.07) is 0. The van der Waals surface area contributed by atoms with Crippen LogP contribution in [0.1, 0.15) is 29.4 Å². The molecule has 1 aromatic heterocycles. The fourth-order valence-electron chi connectivity index (χ4n) is 1.53. The second-order valence-electron chi connectivity index (χ2n) is 4.09. The van der Waals surface area contributed by atoms with Crippen molar-refractivity contribution in [1.29, 1.82) is 0 Å². The number of aromatic nitrogens is 1. The molecule has 0 unspecified atom stereocenters. The van der Waals surface area contributed by atoms with Crippen molar-refractivity contribution in [3.63, 3.8) is 0 Å². The van der Waals surface area contributed by atoms with Crippen LogP contribution in [-0.4, -0.2) is 49.2 Å². The second-order valence-corrected chi connectivity index (χ2v) is 6.96. The summed E-state index contributed by atoms with van der Waals surface area (Å²) in [5.74, 6) is -2.32. The first-order chi connectivity index (χ1) is 9.70. The lowest BCUT2D eigenvalue weighted by Gasteiger charge is -2.17. The van der Waals surface area contributed by atoms with Crippen LogP contribution in [0.3, 0.4) is 0 Å². The third-order valence-corrected chi connectivity index (χ3v) is 5.50. The smallest absolute Gasteiger partial charge is 0.340 e. The van der Waals surface area contributed by atoms with E-state index in [-0.39, 0.29) is 29.3 Å². The van der Waals surface area contributed by atoms with Gasteiger partial charge in [0.2, 0.25) is 10.0 Å². The molecule has 0 saturated carbocycles. The number of nitrogens with zero attached hydrogens (tertiary/aromatic N) is 2. The second kappa shape index (κ2) is 6.85. The molecule has 0 saturated heterocycles. The molecule has 0 aliphatic rings. The molecule has 118 valence electrons. The number of esters is 1. The van der Waals surface area contributed by atoms with Crippen LogP contribution in [0.2, 0.25) is 0 Å². The van der Waals surface area contributed by atoms with Gasteiger partial charge in [0.15, 0.2) is 0 Å². The van der Waals surface area contributed by atoms with Crippen molar-refractivity contribution in [2.24, 2.45) is 0 Å². The number of rotatable bonds is 7. The monoisotopic (exact) mass is 336 g/mol. The van der Waals surface area contributed by atoms with E-state index in [0.717, 1.165) is 15.8 Å². The van der Waals surface area contributed by atoms with Crippen LogP contribution in [-0.2, 0) is 19.6 Å². The van der Waals surface area contributed by atoms with Crippen LogP contribution in [0.15, 0.2) is 0 Å². The maximum atomic E-state index is 12.1. The van der Waals surface area contributed by atoms with E-state index in [2.05, 4.69) is 9.11 Å². The van der Waals surface area contributed by atoms with Crippen molar-refractivity contribution >= 4 is 38.5 Å². The summed E-state index contributed by atoms with van der Waals surface area (Å²) in [4.78, 5) is 22.4. The summed E-state index contributed by atoms with van der Waals surface area (Å²) in [6.45, 7) is 3.28. The average molecular weight is 336 g/mol. The van der Waals surface area contributed by atoms with Gasteiger partial charge in [-0.05, 0) is 25.4 Å². The number of aromatic carboxylic acids is 1. The third-order valence-electron chi connectivity index (χ3n) is 2.63. The van der Waals surface area contributed by atoms with E-state index < -0.39 is 27.7 Å². The molecule has 0 radical (unpaired) electrons. The first-order valence-electron chi connectivity index (χ1n) is 6.02. The topological polar surface area (TPSA) is 114 Å². The highest BCUT2D eigenvalue weighted by Gasteiger charge is 2.28. The minimum atomic E-state index is -3.83. The Morgan fingerprint density at radius 1 is 1.43 bits per heavy atom. The molecule has 1 N–H and O–H groups in total. The summed E-state index contributed by atoms with van der Waals surface area (Å²) >= 11 is 0.784. The van der Waals surface area contributed by atoms with E-state index in [1.807, 2.05) is 0 Å². The van der Waals surface area contributed by atoms with Crippen LogP contribution in [0.5, 0.6) is 0 Å². The van der Waals surface area contributed by atoms with Gasteiger partial charge in [0.25, 0.3) is 0 Å². The minimum absolute atomic E-state index is 0.0175. The maximum absolute atomic E-state index is 12.1. The van der Waals surface area contributed by atoms with Crippen LogP contribution >= 0.6 is 11.5 Å². The number of carbonyl (C=O) groups is 2. The number of carbonyl (C=O) groups excluding carboxylic acids is 1. The Hall–Kier alpha value is -1.68. The molecule has 0 aliphatic heterocycles. The SMILES string of the molecule is CCOC(=O)CCS(=O)(=O)N(C)c1snc(C)c1C(=O)O. The van der Waals surface area contributed by atoms with E-state index >= 15 is 0 Å². The molecule has 10 heteroatoms. The van der Waals surface area contributed by atoms with E-state index in [0.29, 0.717) is 0 Å². The molecule has 0 aromatic carbocycles. The van der Waals surface area contributed by atoms with Crippen LogP contribution in [0, 0.1) is 6.92 Å². The van der Waals surface area contributed by atoms with Crippen molar-refractivity contribution in [1.82, 2.24) is 4.37 Å². The fraction of sp³-hybridized carbons (Fsp3) is 0.545. The highest BCUT2D eigenvalue weighted by Crippen LogP contribution is 2.29. The third kappa shape index (κ3) is 4.14. The molecule has 0 bridgehead atoms. The quantitative estimate of drug-likeness (QED) is 0.735. The van der Waals surface area contributed by atoms with Crippen molar-refractivity contribution in [3.8, 4) is 0 Å². The van der Waals surface area contributed by atoms with Gasteiger partial charge < -0.3 is 9.84 Å². The standard InChI is InChI=1S/C11H16N2O6S2/c1-4-19-8(14)5-6-21(17,18)13(3)10-9(11(15)16)7(2)12-20-10/h4-6H2,1-3H3,(H,15,16). The number of hydrogen-bond donors (Lipinski definition) is 1. The zero-order valence-corrected chi connectivity index (χ0v) is 13.5. The van der Waals surface area contributed by atoms with Gasteiger partial charge in [0.05, 0.1) is 24.5 Å². The van der Waals surface area contributed by atoms with Gasteiger partial charge >= 0.3 is 11.9 Å². The van der Waals surface area contributed by atoms with E-state index in [4.69, 9.17) is 5.11 Å². The van der Waals surface area contributed by atoms with Gasteiger partial charge in [-0.3, -0.25) is 9.10 Å². The number of carboxylic acids is 1. The Morgan fingerprint density at radius 2 is 2.05 bits per heavy atom. The highest BCUT2D eigenvalue weighted by molar-refractivity contribution is 7.93. The van der Waals surface area contributed by atoms with E-state index in [1.165, 1.54) is 14.0 Å². The molecule has 0 atom stereocenters. The van der Waals surface area contributed by atoms with Crippen molar-refractivity contribution in [2.45, 2.75) is 20.3 Å². The largest absolute Gasteiger partial charge is 0.478 e. The molecule has 1 rings (SSSR count). The predicted octanol–water partition coefficient (Wildman–Crippen LogP) is 0.869. The first-order valence-corrected chi connectivity index (χ1v) is 8.40. The van der Waals surface area contributed by atoms with Crippen LogP contribution in [0.25, 0.3) is 0 Å². The lowest BCUT2D eigenvalue weighted by atomic mass is 10.2. The molecular formula is C11H16N2O6S2. The van der Waals surface area contributed by atoms with Crippen molar-refractivity contribution in [3.05, 3.63) is 11.3 Å². The predicted molar refractivity (Wildman–Crippen MR) is 77.3 cm³/mol. The number of sulfonamides is 1. The highest BCUT2D eigenvalue weighted by atomic mass is 32.2. The van der Waals surface area contributed by atoms with Gasteiger partial charge in [0, 0.05) is 7.05 Å². The maximum Gasteiger partial charge on any atom is 0.340 e. The Kier molecular flexibility index (Phi) is 5.67. The zero-order valence-electron chi connectivity index (χ0n) is 11.8. The lowest BCUT2D eigenvalue weighted by molar-refractivity contribution is -0.142. The molecular weight excluding hydrogens is 320 g/mol. The molecule has 1 aromatic rings. The molecule has 1 heterocycles. The lowest BCUT2D eigenvalue weighted by Crippen LogP contribution is -2.30. The molecule has 0 amide bonds. The molecule has 0 aliphatic carbocycles. The Morgan fingerprint density at radius 3 is 2.57 bits per heavy atom. The van der Waals surface area contributed by atoms with E-state index in [1.54, 1.807) is 6.92 Å². The summed E-state index contributed by atoms with van der Waals surface area (Å²) in [7, 11) is -2.59. The van der Waals surface area contributed by atoms with Crippen molar-refractivity contribution in [2.75, 3.05) is 23.7 Å². The van der Waals surface area contributed by atoms with E-state index in [9.17, 15) is 18.0 Å². The van der Waals surface area contributed by atoms with Crippen molar-refractivity contribution < 1.29 is 27.9 Å². The Balaban J connectivity index is 2.94. The number of hydrogen-bond acceptors (Lipinski definition) is 7. The van der Waals surface area contributed by atoms with Crippen LogP contribution < -0.4 is 4.31 Å². The van der Waals surface area contributed by atoms with Gasteiger partial charge in [-0.1, -0.05) is 0 Å². The molecule has 8 nitrogen and oxygen atoms in total. The molecule has 0 spiro atoms.